The zero-order valence-electron chi connectivity index (χ0n) is 17.8. The quantitative estimate of drug-likeness (QED) is 0.643. The van der Waals surface area contributed by atoms with Crippen molar-refractivity contribution >= 4 is 11.6 Å². The van der Waals surface area contributed by atoms with Crippen LogP contribution in [0.25, 0.3) is 22.5 Å². The van der Waals surface area contributed by atoms with Crippen molar-refractivity contribution in [3.63, 3.8) is 0 Å². The lowest BCUT2D eigenvalue weighted by Crippen LogP contribution is -2.36. The first-order chi connectivity index (χ1) is 15.1. The van der Waals surface area contributed by atoms with Gasteiger partial charge in [0, 0.05) is 37.9 Å². The van der Waals surface area contributed by atoms with Crippen LogP contribution in [0.15, 0.2) is 42.7 Å². The van der Waals surface area contributed by atoms with E-state index in [1.54, 1.807) is 0 Å². The fraction of sp³-hybridized carbons (Fsp3) is 0.333. The Morgan fingerprint density at radius 1 is 1.26 bits per heavy atom. The van der Waals surface area contributed by atoms with E-state index in [1.807, 2.05) is 36.1 Å². The largest absolute Gasteiger partial charge is 0.482 e. The van der Waals surface area contributed by atoms with Gasteiger partial charge in [0.1, 0.15) is 5.75 Å². The van der Waals surface area contributed by atoms with Crippen LogP contribution >= 0.6 is 0 Å². The summed E-state index contributed by atoms with van der Waals surface area (Å²) in [7, 11) is 1.99. The van der Waals surface area contributed by atoms with E-state index in [9.17, 15) is 4.79 Å². The second-order valence-electron chi connectivity index (χ2n) is 8.16. The molecule has 1 saturated heterocycles. The molecule has 3 aromatic rings. The van der Waals surface area contributed by atoms with Crippen LogP contribution in [0.1, 0.15) is 17.5 Å². The number of carbonyl (C=O) groups excluding carboxylic acids is 1. The van der Waals surface area contributed by atoms with Crippen molar-refractivity contribution in [1.82, 2.24) is 14.9 Å². The van der Waals surface area contributed by atoms with E-state index in [1.165, 1.54) is 11.1 Å². The maximum atomic E-state index is 11.6. The summed E-state index contributed by atoms with van der Waals surface area (Å²) in [5, 5.41) is 6.33. The number of benzene rings is 2. The molecule has 7 nitrogen and oxygen atoms in total. The van der Waals surface area contributed by atoms with Gasteiger partial charge in [-0.25, -0.2) is 4.98 Å². The fourth-order valence-electron chi connectivity index (χ4n) is 4.05. The standard InChI is InChI=1S/C24H26N4O3/c1-15-3-4-16(11-25-12-18-7-8-30-18)9-19(15)23-24(28(2)14-26-23)17-5-6-20-21(10-17)31-13-22(29)27-20/h3-6,9-10,14,18,25H,7-8,11-13H2,1-2H3,(H,27,29)/t18-/m1/s1. The first-order valence-corrected chi connectivity index (χ1v) is 10.6. The predicted molar refractivity (Wildman–Crippen MR) is 119 cm³/mol. The molecule has 1 atom stereocenters. The summed E-state index contributed by atoms with van der Waals surface area (Å²) >= 11 is 0. The Hall–Kier alpha value is -3.16. The van der Waals surface area contributed by atoms with Crippen LogP contribution in [-0.4, -0.2) is 41.3 Å². The van der Waals surface area contributed by atoms with E-state index < -0.39 is 0 Å². The van der Waals surface area contributed by atoms with Gasteiger partial charge in [-0.2, -0.15) is 0 Å². The fourth-order valence-corrected chi connectivity index (χ4v) is 4.05. The van der Waals surface area contributed by atoms with Gasteiger partial charge in [0.25, 0.3) is 5.91 Å². The summed E-state index contributed by atoms with van der Waals surface area (Å²) in [5.41, 5.74) is 7.14. The highest BCUT2D eigenvalue weighted by molar-refractivity contribution is 5.96. The number of rotatable bonds is 6. The number of imidazole rings is 1. The maximum Gasteiger partial charge on any atom is 0.262 e. The maximum absolute atomic E-state index is 11.6. The van der Waals surface area contributed by atoms with Crippen LogP contribution in [0.2, 0.25) is 0 Å². The second-order valence-corrected chi connectivity index (χ2v) is 8.16. The van der Waals surface area contributed by atoms with E-state index in [0.29, 0.717) is 17.5 Å². The highest BCUT2D eigenvalue weighted by atomic mass is 16.5. The highest BCUT2D eigenvalue weighted by Crippen LogP contribution is 2.37. The lowest BCUT2D eigenvalue weighted by molar-refractivity contribution is -0.118. The zero-order chi connectivity index (χ0) is 21.4. The Bertz CT molecular complexity index is 1130. The van der Waals surface area contributed by atoms with Crippen LogP contribution in [0, 0.1) is 6.92 Å². The molecule has 0 radical (unpaired) electrons. The second kappa shape index (κ2) is 8.17. The van der Waals surface area contributed by atoms with E-state index in [-0.39, 0.29) is 12.5 Å². The van der Waals surface area contributed by atoms with Gasteiger partial charge in [0.05, 0.1) is 29.5 Å². The number of ether oxygens (including phenoxy) is 2. The number of aromatic nitrogens is 2. The molecule has 0 spiro atoms. The van der Waals surface area contributed by atoms with E-state index >= 15 is 0 Å². The molecule has 31 heavy (non-hydrogen) atoms. The SMILES string of the molecule is Cc1ccc(CNC[C@H]2CCO2)cc1-c1ncn(C)c1-c1ccc2c(c1)OCC(=O)N2. The number of hydrogen-bond acceptors (Lipinski definition) is 5. The van der Waals surface area contributed by atoms with Gasteiger partial charge in [-0.3, -0.25) is 4.79 Å². The average Bonchev–Trinajstić information content (AvgIpc) is 3.11. The molecule has 0 unspecified atom stereocenters. The van der Waals surface area contributed by atoms with Gasteiger partial charge in [0.15, 0.2) is 6.61 Å². The normalized spacial score (nSPS) is 17.5. The third-order valence-corrected chi connectivity index (χ3v) is 5.88. The third-order valence-electron chi connectivity index (χ3n) is 5.88. The number of anilines is 1. The van der Waals surface area contributed by atoms with E-state index in [2.05, 4.69) is 35.8 Å². The van der Waals surface area contributed by atoms with Crippen molar-refractivity contribution in [2.75, 3.05) is 25.1 Å². The molecule has 0 aliphatic carbocycles. The van der Waals surface area contributed by atoms with Gasteiger partial charge in [0.2, 0.25) is 0 Å². The number of aryl methyl sites for hydroxylation is 2. The first kappa shape index (κ1) is 19.8. The predicted octanol–water partition coefficient (Wildman–Crippen LogP) is 3.27. The topological polar surface area (TPSA) is 77.4 Å². The molecule has 1 aromatic heterocycles. The summed E-state index contributed by atoms with van der Waals surface area (Å²) in [6, 6.07) is 12.4. The lowest BCUT2D eigenvalue weighted by atomic mass is 9.98. The first-order valence-electron chi connectivity index (χ1n) is 10.6. The summed E-state index contributed by atoms with van der Waals surface area (Å²) in [4.78, 5) is 16.3. The molecule has 160 valence electrons. The van der Waals surface area contributed by atoms with Crippen molar-refractivity contribution in [1.29, 1.82) is 0 Å². The summed E-state index contributed by atoms with van der Waals surface area (Å²) in [6.07, 6.45) is 3.33. The molecule has 0 bridgehead atoms. The Kier molecular flexibility index (Phi) is 5.21. The summed E-state index contributed by atoms with van der Waals surface area (Å²) < 4.78 is 13.1. The van der Waals surface area contributed by atoms with Crippen molar-refractivity contribution in [2.24, 2.45) is 7.05 Å². The number of nitrogens with zero attached hydrogens (tertiary/aromatic N) is 2. The molecule has 0 saturated carbocycles. The van der Waals surface area contributed by atoms with Crippen LogP contribution in [0.3, 0.4) is 0 Å². The summed E-state index contributed by atoms with van der Waals surface area (Å²) in [5.74, 6) is 0.545. The van der Waals surface area contributed by atoms with Crippen LogP contribution in [0.4, 0.5) is 5.69 Å². The van der Waals surface area contributed by atoms with Crippen LogP contribution in [-0.2, 0) is 23.1 Å². The van der Waals surface area contributed by atoms with Gasteiger partial charge in [-0.05, 0) is 42.7 Å². The summed E-state index contributed by atoms with van der Waals surface area (Å²) in [6.45, 7) is 4.70. The number of fused-ring (bicyclic) bond motifs is 1. The number of carbonyl (C=O) groups is 1. The van der Waals surface area contributed by atoms with Gasteiger partial charge >= 0.3 is 0 Å². The number of hydrogen-bond donors (Lipinski definition) is 2. The van der Waals surface area contributed by atoms with E-state index in [0.717, 1.165) is 48.6 Å². The number of amides is 1. The minimum atomic E-state index is -0.133. The molecule has 5 rings (SSSR count). The molecule has 2 aromatic carbocycles. The Morgan fingerprint density at radius 2 is 2.13 bits per heavy atom. The molecule has 3 heterocycles. The minimum Gasteiger partial charge on any atom is -0.482 e. The molecular weight excluding hydrogens is 392 g/mol. The Labute approximate surface area is 181 Å². The van der Waals surface area contributed by atoms with Crippen molar-refractivity contribution < 1.29 is 14.3 Å². The molecule has 7 heteroatoms. The molecule has 2 aliphatic heterocycles. The van der Waals surface area contributed by atoms with Gasteiger partial charge in [-0.15, -0.1) is 0 Å². The third kappa shape index (κ3) is 3.94. The van der Waals surface area contributed by atoms with E-state index in [4.69, 9.17) is 14.5 Å². The smallest absolute Gasteiger partial charge is 0.262 e. The molecule has 1 amide bonds. The lowest BCUT2D eigenvalue weighted by Gasteiger charge is -2.26. The Morgan fingerprint density at radius 3 is 2.94 bits per heavy atom. The number of nitrogens with one attached hydrogen (secondary N) is 2. The monoisotopic (exact) mass is 418 g/mol. The van der Waals surface area contributed by atoms with Crippen LogP contribution < -0.4 is 15.4 Å². The van der Waals surface area contributed by atoms with Gasteiger partial charge in [-0.1, -0.05) is 18.2 Å². The highest BCUT2D eigenvalue weighted by Gasteiger charge is 2.21. The van der Waals surface area contributed by atoms with Crippen molar-refractivity contribution in [3.8, 4) is 28.3 Å². The molecule has 2 aliphatic rings. The molecular formula is C24H26N4O3. The molecule has 1 fully saturated rings. The van der Waals surface area contributed by atoms with Crippen molar-refractivity contribution in [2.45, 2.75) is 26.0 Å². The van der Waals surface area contributed by atoms with Crippen molar-refractivity contribution in [3.05, 3.63) is 53.9 Å². The average molecular weight is 418 g/mol. The molecule has 2 N–H and O–H groups in total. The van der Waals surface area contributed by atoms with Crippen LogP contribution in [0.5, 0.6) is 5.75 Å². The minimum absolute atomic E-state index is 0.0365. The zero-order valence-corrected chi connectivity index (χ0v) is 17.8. The Balaban J connectivity index is 1.45. The van der Waals surface area contributed by atoms with Gasteiger partial charge < -0.3 is 24.7 Å².